The Morgan fingerprint density at radius 1 is 0.923 bits per heavy atom. The number of anilines is 1. The van der Waals surface area contributed by atoms with Crippen molar-refractivity contribution in [3.8, 4) is 0 Å². The van der Waals surface area contributed by atoms with E-state index in [1.54, 1.807) is 6.92 Å². The molecule has 0 spiro atoms. The Hall–Kier alpha value is -3.97. The number of carbonyl (C=O) groups excluding carboxylic acids is 3. The van der Waals surface area contributed by atoms with Crippen LogP contribution in [0.2, 0.25) is 0 Å². The van der Waals surface area contributed by atoms with Crippen molar-refractivity contribution < 1.29 is 23.9 Å². The number of amides is 1. The fourth-order valence-electron chi connectivity index (χ4n) is 4.85. The third-order valence-corrected chi connectivity index (χ3v) is 6.85. The Morgan fingerprint density at radius 3 is 2.31 bits per heavy atom. The highest BCUT2D eigenvalue weighted by Gasteiger charge is 2.33. The maximum absolute atomic E-state index is 14.0. The summed E-state index contributed by atoms with van der Waals surface area (Å²) in [6, 6.07) is 25.7. The third-order valence-electron chi connectivity index (χ3n) is 6.85. The van der Waals surface area contributed by atoms with Crippen LogP contribution in [0.4, 0.5) is 5.69 Å². The summed E-state index contributed by atoms with van der Waals surface area (Å²) < 4.78 is 10.9. The van der Waals surface area contributed by atoms with Gasteiger partial charge >= 0.3 is 11.9 Å². The predicted octanol–water partition coefficient (Wildman–Crippen LogP) is 4.62. The number of ether oxygens (including phenoxy) is 2. The number of hydrogen-bond acceptors (Lipinski definition) is 6. The molecular formula is C32H36N2O5. The zero-order valence-corrected chi connectivity index (χ0v) is 22.4. The van der Waals surface area contributed by atoms with Crippen molar-refractivity contribution in [2.45, 2.75) is 57.7 Å². The SMILES string of the molecule is CCOC(=O)[C@H](CCc1ccccc1)N[C@@H]1CCCc2ccccc2N(CC(=O)OCc2ccccc2)C1=O. The van der Waals surface area contributed by atoms with Crippen LogP contribution in [0.1, 0.15) is 42.9 Å². The third kappa shape index (κ3) is 8.01. The maximum Gasteiger partial charge on any atom is 0.326 e. The molecule has 204 valence electrons. The van der Waals surface area contributed by atoms with Crippen molar-refractivity contribution in [1.29, 1.82) is 0 Å². The van der Waals surface area contributed by atoms with Gasteiger partial charge in [-0.25, -0.2) is 0 Å². The van der Waals surface area contributed by atoms with Crippen molar-refractivity contribution in [3.63, 3.8) is 0 Å². The van der Waals surface area contributed by atoms with Crippen molar-refractivity contribution >= 4 is 23.5 Å². The van der Waals surface area contributed by atoms with Crippen LogP contribution < -0.4 is 10.2 Å². The second kappa shape index (κ2) is 14.3. The lowest BCUT2D eigenvalue weighted by molar-refractivity contribution is -0.147. The molecule has 0 aliphatic carbocycles. The van der Waals surface area contributed by atoms with E-state index >= 15 is 0 Å². The van der Waals surface area contributed by atoms with E-state index in [4.69, 9.17) is 9.47 Å². The molecule has 1 aliphatic rings. The van der Waals surface area contributed by atoms with Crippen LogP contribution in [-0.4, -0.2) is 43.1 Å². The summed E-state index contributed by atoms with van der Waals surface area (Å²) in [6.45, 7) is 1.95. The first-order chi connectivity index (χ1) is 19.0. The fourth-order valence-corrected chi connectivity index (χ4v) is 4.85. The first-order valence-electron chi connectivity index (χ1n) is 13.6. The van der Waals surface area contributed by atoms with Gasteiger partial charge in [0.15, 0.2) is 0 Å². The van der Waals surface area contributed by atoms with Gasteiger partial charge in [-0.15, -0.1) is 0 Å². The lowest BCUT2D eigenvalue weighted by Gasteiger charge is -2.32. The van der Waals surface area contributed by atoms with E-state index in [0.29, 0.717) is 24.9 Å². The maximum atomic E-state index is 14.0. The van der Waals surface area contributed by atoms with Crippen molar-refractivity contribution in [2.24, 2.45) is 0 Å². The Kier molecular flexibility index (Phi) is 10.3. The largest absolute Gasteiger partial charge is 0.465 e. The smallest absolute Gasteiger partial charge is 0.326 e. The normalized spacial score (nSPS) is 16.0. The quantitative estimate of drug-likeness (QED) is 0.366. The molecule has 1 N–H and O–H groups in total. The first-order valence-corrected chi connectivity index (χ1v) is 13.6. The summed E-state index contributed by atoms with van der Waals surface area (Å²) in [5.74, 6) is -1.13. The molecule has 1 aliphatic heterocycles. The number of esters is 2. The molecule has 0 aromatic heterocycles. The number of hydrogen-bond donors (Lipinski definition) is 1. The Labute approximate surface area is 230 Å². The predicted molar refractivity (Wildman–Crippen MR) is 150 cm³/mol. The van der Waals surface area contributed by atoms with Gasteiger partial charge in [-0.05, 0) is 61.8 Å². The number of benzene rings is 3. The van der Waals surface area contributed by atoms with Crippen molar-refractivity contribution in [2.75, 3.05) is 18.1 Å². The Bertz CT molecular complexity index is 1230. The molecule has 3 aromatic rings. The standard InChI is InChI=1S/C32H36N2O5/c1-2-38-32(37)28(21-20-24-12-5-3-6-13-24)33-27-18-11-17-26-16-9-10-19-29(26)34(31(27)36)22-30(35)39-23-25-14-7-4-8-15-25/h3-10,12-16,19,27-28,33H,2,11,17-18,20-23H2,1H3/t27-,28+/m1/s1. The highest BCUT2D eigenvalue weighted by atomic mass is 16.5. The van der Waals surface area contributed by atoms with Gasteiger partial charge < -0.3 is 9.47 Å². The minimum absolute atomic E-state index is 0.134. The molecule has 0 saturated carbocycles. The highest BCUT2D eigenvalue weighted by Crippen LogP contribution is 2.27. The van der Waals surface area contributed by atoms with Gasteiger partial charge in [0.2, 0.25) is 5.91 Å². The Morgan fingerprint density at radius 2 is 1.59 bits per heavy atom. The number of aryl methyl sites for hydroxylation is 2. The number of fused-ring (bicyclic) bond motifs is 1. The average molecular weight is 529 g/mol. The molecule has 7 nitrogen and oxygen atoms in total. The van der Waals surface area contributed by atoms with Crippen LogP contribution in [0.3, 0.4) is 0 Å². The molecule has 2 atom stereocenters. The zero-order chi connectivity index (χ0) is 27.5. The summed E-state index contributed by atoms with van der Waals surface area (Å²) >= 11 is 0. The van der Waals surface area contributed by atoms with E-state index in [-0.39, 0.29) is 31.6 Å². The molecular weight excluding hydrogens is 492 g/mol. The number of para-hydroxylation sites is 1. The fraction of sp³-hybridized carbons (Fsp3) is 0.344. The molecule has 7 heteroatoms. The summed E-state index contributed by atoms with van der Waals surface area (Å²) in [6.07, 6.45) is 3.20. The minimum atomic E-state index is -0.652. The van der Waals surface area contributed by atoms with Gasteiger partial charge in [0.1, 0.15) is 19.2 Å². The molecule has 1 amide bonds. The molecule has 1 heterocycles. The molecule has 0 saturated heterocycles. The Balaban J connectivity index is 1.51. The molecule has 0 bridgehead atoms. The van der Waals surface area contributed by atoms with E-state index in [1.807, 2.05) is 84.9 Å². The monoisotopic (exact) mass is 528 g/mol. The van der Waals surface area contributed by atoms with E-state index in [2.05, 4.69) is 5.32 Å². The second-order valence-electron chi connectivity index (χ2n) is 9.64. The van der Waals surface area contributed by atoms with Crippen LogP contribution in [-0.2, 0) is 43.3 Å². The molecule has 39 heavy (non-hydrogen) atoms. The van der Waals surface area contributed by atoms with Crippen molar-refractivity contribution in [1.82, 2.24) is 5.32 Å². The van der Waals surface area contributed by atoms with E-state index in [9.17, 15) is 14.4 Å². The molecule has 4 rings (SSSR count). The summed E-state index contributed by atoms with van der Waals surface area (Å²) in [7, 11) is 0. The zero-order valence-electron chi connectivity index (χ0n) is 22.4. The second-order valence-corrected chi connectivity index (χ2v) is 9.64. The summed E-state index contributed by atoms with van der Waals surface area (Å²) in [5, 5.41) is 3.30. The molecule has 0 fully saturated rings. The van der Waals surface area contributed by atoms with Crippen LogP contribution in [0.15, 0.2) is 84.9 Å². The van der Waals surface area contributed by atoms with Gasteiger partial charge in [-0.1, -0.05) is 78.9 Å². The van der Waals surface area contributed by atoms with Crippen LogP contribution in [0, 0.1) is 0 Å². The van der Waals surface area contributed by atoms with Gasteiger partial charge in [0, 0.05) is 5.69 Å². The van der Waals surface area contributed by atoms with E-state index in [0.717, 1.165) is 29.5 Å². The van der Waals surface area contributed by atoms with Crippen LogP contribution >= 0.6 is 0 Å². The lowest BCUT2D eigenvalue weighted by atomic mass is 9.97. The topological polar surface area (TPSA) is 84.9 Å². The lowest BCUT2D eigenvalue weighted by Crippen LogP contribution is -2.54. The average Bonchev–Trinajstić information content (AvgIpc) is 2.96. The van der Waals surface area contributed by atoms with Gasteiger partial charge in [-0.3, -0.25) is 24.6 Å². The van der Waals surface area contributed by atoms with Gasteiger partial charge in [-0.2, -0.15) is 0 Å². The molecule has 3 aromatic carbocycles. The summed E-state index contributed by atoms with van der Waals surface area (Å²) in [5.41, 5.74) is 3.68. The number of nitrogens with one attached hydrogen (secondary N) is 1. The van der Waals surface area contributed by atoms with Crippen molar-refractivity contribution in [3.05, 3.63) is 102 Å². The van der Waals surface area contributed by atoms with Crippen LogP contribution in [0.5, 0.6) is 0 Å². The number of rotatable bonds is 11. The molecule has 0 radical (unpaired) electrons. The van der Waals surface area contributed by atoms with Gasteiger partial charge in [0.05, 0.1) is 12.6 Å². The number of nitrogens with zero attached hydrogens (tertiary/aromatic N) is 1. The van der Waals surface area contributed by atoms with Crippen LogP contribution in [0.25, 0.3) is 0 Å². The molecule has 0 unspecified atom stereocenters. The minimum Gasteiger partial charge on any atom is -0.465 e. The number of carbonyl (C=O) groups is 3. The van der Waals surface area contributed by atoms with E-state index in [1.165, 1.54) is 4.90 Å². The van der Waals surface area contributed by atoms with Gasteiger partial charge in [0.25, 0.3) is 0 Å². The highest BCUT2D eigenvalue weighted by molar-refractivity contribution is 6.01. The van der Waals surface area contributed by atoms with E-state index < -0.39 is 18.1 Å². The summed E-state index contributed by atoms with van der Waals surface area (Å²) in [4.78, 5) is 41.3. The first kappa shape index (κ1) is 28.0.